The minimum absolute atomic E-state index is 0.231. The highest BCUT2D eigenvalue weighted by Gasteiger charge is 2.16. The number of aromatic nitrogens is 1. The molecular formula is C22H18N2O3. The first-order chi connectivity index (χ1) is 13.2. The predicted molar refractivity (Wildman–Crippen MR) is 105 cm³/mol. The minimum atomic E-state index is -0.231. The number of rotatable bonds is 4. The third kappa shape index (κ3) is 3.15. The lowest BCUT2D eigenvalue weighted by Crippen LogP contribution is -2.14. The average Bonchev–Trinajstić information content (AvgIpc) is 3.13. The van der Waals surface area contributed by atoms with E-state index in [4.69, 9.17) is 9.15 Å². The average molecular weight is 358 g/mol. The molecule has 0 saturated heterocycles. The Morgan fingerprint density at radius 2 is 1.78 bits per heavy atom. The van der Waals surface area contributed by atoms with Crippen LogP contribution in [0.25, 0.3) is 22.6 Å². The molecule has 1 amide bonds. The molecule has 1 N–H and O–H groups in total. The molecule has 5 heteroatoms. The van der Waals surface area contributed by atoms with Crippen molar-refractivity contribution in [3.8, 4) is 17.2 Å². The molecule has 0 radical (unpaired) electrons. The predicted octanol–water partition coefficient (Wildman–Crippen LogP) is 5.06. The maximum atomic E-state index is 12.7. The zero-order chi connectivity index (χ0) is 18.8. The Bertz CT molecular complexity index is 1100. The van der Waals surface area contributed by atoms with Gasteiger partial charge in [-0.1, -0.05) is 30.3 Å². The highest BCUT2D eigenvalue weighted by Crippen LogP contribution is 2.31. The normalized spacial score (nSPS) is 10.7. The number of ether oxygens (including phenoxy) is 1. The quantitative estimate of drug-likeness (QED) is 0.553. The second kappa shape index (κ2) is 6.96. The molecule has 27 heavy (non-hydrogen) atoms. The molecule has 0 spiro atoms. The molecule has 0 fully saturated rings. The summed E-state index contributed by atoms with van der Waals surface area (Å²) < 4.78 is 11.1. The summed E-state index contributed by atoms with van der Waals surface area (Å²) in [6, 6.07) is 20.4. The van der Waals surface area contributed by atoms with Crippen molar-refractivity contribution < 1.29 is 13.9 Å². The lowest BCUT2D eigenvalue weighted by Gasteiger charge is -2.12. The van der Waals surface area contributed by atoms with E-state index in [2.05, 4.69) is 10.3 Å². The van der Waals surface area contributed by atoms with Gasteiger partial charge in [-0.3, -0.25) is 4.79 Å². The van der Waals surface area contributed by atoms with Gasteiger partial charge in [0.05, 0.1) is 12.7 Å². The van der Waals surface area contributed by atoms with E-state index in [0.717, 1.165) is 22.2 Å². The van der Waals surface area contributed by atoms with Gasteiger partial charge in [0.2, 0.25) is 5.89 Å². The molecule has 1 aromatic heterocycles. The van der Waals surface area contributed by atoms with Crippen molar-refractivity contribution >= 4 is 22.7 Å². The number of methoxy groups -OCH3 is 1. The number of para-hydroxylation sites is 3. The van der Waals surface area contributed by atoms with Crippen LogP contribution in [0.5, 0.6) is 5.75 Å². The first kappa shape index (κ1) is 16.8. The molecule has 0 bridgehead atoms. The van der Waals surface area contributed by atoms with Crippen LogP contribution in [-0.2, 0) is 0 Å². The van der Waals surface area contributed by atoms with E-state index < -0.39 is 0 Å². The summed E-state index contributed by atoms with van der Waals surface area (Å²) >= 11 is 0. The molecule has 4 aromatic rings. The van der Waals surface area contributed by atoms with Crippen LogP contribution in [0.4, 0.5) is 5.69 Å². The Hall–Kier alpha value is -3.60. The molecule has 0 aliphatic carbocycles. The Morgan fingerprint density at radius 1 is 1.00 bits per heavy atom. The maximum absolute atomic E-state index is 12.7. The number of nitrogens with one attached hydrogen (secondary N) is 1. The monoisotopic (exact) mass is 358 g/mol. The summed E-state index contributed by atoms with van der Waals surface area (Å²) in [5.41, 5.74) is 4.43. The molecular weight excluding hydrogens is 340 g/mol. The Morgan fingerprint density at radius 3 is 2.59 bits per heavy atom. The summed E-state index contributed by atoms with van der Waals surface area (Å²) in [6.07, 6.45) is 0. The van der Waals surface area contributed by atoms with Crippen LogP contribution in [0.2, 0.25) is 0 Å². The van der Waals surface area contributed by atoms with Gasteiger partial charge in [-0.2, -0.15) is 0 Å². The topological polar surface area (TPSA) is 64.4 Å². The minimum Gasteiger partial charge on any atom is -0.496 e. The SMILES string of the molecule is COc1ccccc1C(=O)Nc1cccc(-c2nc3ccccc3o2)c1C. The van der Waals surface area contributed by atoms with Gasteiger partial charge in [0.25, 0.3) is 5.91 Å². The van der Waals surface area contributed by atoms with Crippen molar-refractivity contribution in [2.75, 3.05) is 12.4 Å². The van der Waals surface area contributed by atoms with E-state index in [1.54, 1.807) is 25.3 Å². The fourth-order valence-corrected chi connectivity index (χ4v) is 3.01. The number of carbonyl (C=O) groups is 1. The number of amides is 1. The maximum Gasteiger partial charge on any atom is 0.259 e. The second-order valence-electron chi connectivity index (χ2n) is 6.12. The Kier molecular flexibility index (Phi) is 4.34. The first-order valence-corrected chi connectivity index (χ1v) is 8.57. The first-order valence-electron chi connectivity index (χ1n) is 8.57. The van der Waals surface area contributed by atoms with E-state index >= 15 is 0 Å². The molecule has 134 valence electrons. The number of oxazole rings is 1. The molecule has 4 rings (SSSR count). The van der Waals surface area contributed by atoms with Gasteiger partial charge in [-0.25, -0.2) is 4.98 Å². The summed E-state index contributed by atoms with van der Waals surface area (Å²) in [7, 11) is 1.55. The molecule has 0 unspecified atom stereocenters. The van der Waals surface area contributed by atoms with E-state index in [1.165, 1.54) is 0 Å². The standard InChI is InChI=1S/C22H18N2O3/c1-14-15(22-24-18-10-4-6-13-20(18)27-22)9-7-11-17(14)23-21(25)16-8-3-5-12-19(16)26-2/h3-13H,1-2H3,(H,23,25). The lowest BCUT2D eigenvalue weighted by atomic mass is 10.1. The van der Waals surface area contributed by atoms with Crippen LogP contribution >= 0.6 is 0 Å². The number of anilines is 1. The Balaban J connectivity index is 1.69. The van der Waals surface area contributed by atoms with Crippen LogP contribution in [-0.4, -0.2) is 18.0 Å². The number of nitrogens with zero attached hydrogens (tertiary/aromatic N) is 1. The van der Waals surface area contributed by atoms with Gasteiger partial charge in [0, 0.05) is 11.3 Å². The summed E-state index contributed by atoms with van der Waals surface area (Å²) in [5.74, 6) is 0.829. The molecule has 5 nitrogen and oxygen atoms in total. The molecule has 0 atom stereocenters. The van der Waals surface area contributed by atoms with Gasteiger partial charge in [-0.05, 0) is 48.9 Å². The third-order valence-corrected chi connectivity index (χ3v) is 4.46. The van der Waals surface area contributed by atoms with Gasteiger partial charge >= 0.3 is 0 Å². The van der Waals surface area contributed by atoms with E-state index in [9.17, 15) is 4.79 Å². The van der Waals surface area contributed by atoms with Crippen molar-refractivity contribution in [2.24, 2.45) is 0 Å². The van der Waals surface area contributed by atoms with Crippen LogP contribution in [0.15, 0.2) is 71.1 Å². The van der Waals surface area contributed by atoms with Crippen LogP contribution in [0, 0.1) is 6.92 Å². The molecule has 0 aliphatic heterocycles. The van der Waals surface area contributed by atoms with Crippen LogP contribution in [0.1, 0.15) is 15.9 Å². The number of benzene rings is 3. The second-order valence-corrected chi connectivity index (χ2v) is 6.12. The molecule has 0 aliphatic rings. The van der Waals surface area contributed by atoms with Crippen molar-refractivity contribution in [1.82, 2.24) is 4.98 Å². The van der Waals surface area contributed by atoms with Crippen molar-refractivity contribution in [3.05, 3.63) is 77.9 Å². The Labute approximate surface area is 156 Å². The van der Waals surface area contributed by atoms with E-state index in [1.807, 2.05) is 55.5 Å². The summed E-state index contributed by atoms with van der Waals surface area (Å²) in [4.78, 5) is 17.3. The molecule has 3 aromatic carbocycles. The van der Waals surface area contributed by atoms with Gasteiger partial charge in [0.1, 0.15) is 11.3 Å². The molecule has 0 saturated carbocycles. The largest absolute Gasteiger partial charge is 0.496 e. The third-order valence-electron chi connectivity index (χ3n) is 4.46. The van der Waals surface area contributed by atoms with E-state index in [-0.39, 0.29) is 5.91 Å². The smallest absolute Gasteiger partial charge is 0.259 e. The van der Waals surface area contributed by atoms with Crippen molar-refractivity contribution in [2.45, 2.75) is 6.92 Å². The fraction of sp³-hybridized carbons (Fsp3) is 0.0909. The number of hydrogen-bond acceptors (Lipinski definition) is 4. The van der Waals surface area contributed by atoms with Crippen LogP contribution < -0.4 is 10.1 Å². The highest BCUT2D eigenvalue weighted by atomic mass is 16.5. The molecule has 1 heterocycles. The van der Waals surface area contributed by atoms with Gasteiger partial charge in [0.15, 0.2) is 5.58 Å². The van der Waals surface area contributed by atoms with Gasteiger partial charge in [-0.15, -0.1) is 0 Å². The zero-order valence-corrected chi connectivity index (χ0v) is 15.0. The van der Waals surface area contributed by atoms with Crippen molar-refractivity contribution in [3.63, 3.8) is 0 Å². The summed E-state index contributed by atoms with van der Waals surface area (Å²) in [6.45, 7) is 1.93. The number of fused-ring (bicyclic) bond motifs is 1. The van der Waals surface area contributed by atoms with Crippen LogP contribution in [0.3, 0.4) is 0 Å². The number of hydrogen-bond donors (Lipinski definition) is 1. The van der Waals surface area contributed by atoms with Crippen molar-refractivity contribution in [1.29, 1.82) is 0 Å². The highest BCUT2D eigenvalue weighted by molar-refractivity contribution is 6.06. The zero-order valence-electron chi connectivity index (χ0n) is 15.0. The summed E-state index contributed by atoms with van der Waals surface area (Å²) in [5, 5.41) is 2.96. The van der Waals surface area contributed by atoms with E-state index in [0.29, 0.717) is 22.9 Å². The fourth-order valence-electron chi connectivity index (χ4n) is 3.01. The number of carbonyl (C=O) groups excluding carboxylic acids is 1. The van der Waals surface area contributed by atoms with Gasteiger partial charge < -0.3 is 14.5 Å². The lowest BCUT2D eigenvalue weighted by molar-refractivity contribution is 0.102.